The summed E-state index contributed by atoms with van der Waals surface area (Å²) >= 11 is 0. The van der Waals surface area contributed by atoms with Gasteiger partial charge in [0.25, 0.3) is 0 Å². The third-order valence-corrected chi connectivity index (χ3v) is 7.97. The summed E-state index contributed by atoms with van der Waals surface area (Å²) in [7, 11) is 1.93. The molecule has 2 aromatic carbocycles. The van der Waals surface area contributed by atoms with Gasteiger partial charge in [-0.2, -0.15) is 10.2 Å². The van der Waals surface area contributed by atoms with Crippen molar-refractivity contribution in [2.75, 3.05) is 19.6 Å². The van der Waals surface area contributed by atoms with Gasteiger partial charge in [-0.1, -0.05) is 24.3 Å². The minimum Gasteiger partial charge on any atom is -0.334 e. The summed E-state index contributed by atoms with van der Waals surface area (Å²) in [6.45, 7) is 8.55. The normalized spacial score (nSPS) is 18.2. The zero-order valence-corrected chi connectivity index (χ0v) is 21.9. The van der Waals surface area contributed by atoms with Crippen molar-refractivity contribution in [3.8, 4) is 11.3 Å². The number of nitrogens with one attached hydrogen (secondary N) is 2. The Morgan fingerprint density at radius 2 is 2.00 bits per heavy atom. The van der Waals surface area contributed by atoms with Crippen LogP contribution >= 0.6 is 0 Å². The Hall–Kier alpha value is -3.65. The lowest BCUT2D eigenvalue weighted by molar-refractivity contribution is 0.160. The van der Waals surface area contributed by atoms with Crippen LogP contribution in [0.1, 0.15) is 40.8 Å². The number of carbonyl (C=O) groups excluding carboxylic acids is 1. The van der Waals surface area contributed by atoms with Gasteiger partial charge < -0.3 is 10.2 Å². The van der Waals surface area contributed by atoms with Crippen LogP contribution < -0.4 is 5.32 Å². The van der Waals surface area contributed by atoms with Crippen LogP contribution in [-0.4, -0.2) is 61.5 Å². The van der Waals surface area contributed by atoms with Crippen molar-refractivity contribution in [1.82, 2.24) is 35.1 Å². The predicted octanol–water partition coefficient (Wildman–Crippen LogP) is 4.31. The lowest BCUT2D eigenvalue weighted by Gasteiger charge is -2.35. The smallest absolute Gasteiger partial charge is 0.317 e. The minimum absolute atomic E-state index is 0.0273. The van der Waals surface area contributed by atoms with E-state index in [0.717, 1.165) is 72.3 Å². The summed E-state index contributed by atoms with van der Waals surface area (Å²) in [6, 6.07) is 12.9. The number of hydrogen-bond acceptors (Lipinski definition) is 4. The lowest BCUT2D eigenvalue weighted by Crippen LogP contribution is -2.52. The van der Waals surface area contributed by atoms with Crippen LogP contribution in [0.15, 0.2) is 42.6 Å². The zero-order valence-electron chi connectivity index (χ0n) is 21.9. The Bertz CT molecular complexity index is 1430. The summed E-state index contributed by atoms with van der Waals surface area (Å²) in [5.74, 6) is 0. The first-order valence-corrected chi connectivity index (χ1v) is 13.3. The number of urea groups is 1. The molecule has 0 spiro atoms. The minimum atomic E-state index is 0.0273. The second-order valence-corrected chi connectivity index (χ2v) is 10.7. The summed E-state index contributed by atoms with van der Waals surface area (Å²) in [5.41, 5.74) is 9.28. The molecular formula is C29H35N7O. The van der Waals surface area contributed by atoms with Crippen LogP contribution in [0, 0.1) is 13.8 Å². The van der Waals surface area contributed by atoms with E-state index >= 15 is 0 Å². The van der Waals surface area contributed by atoms with E-state index in [9.17, 15) is 4.79 Å². The van der Waals surface area contributed by atoms with Crippen molar-refractivity contribution in [3.63, 3.8) is 0 Å². The van der Waals surface area contributed by atoms with Gasteiger partial charge in [0, 0.05) is 67.5 Å². The number of H-pyrrole nitrogens is 1. The highest BCUT2D eigenvalue weighted by Gasteiger charge is 2.29. The molecule has 0 saturated carbocycles. The molecule has 2 N–H and O–H groups in total. The van der Waals surface area contributed by atoms with Crippen molar-refractivity contribution in [2.24, 2.45) is 7.05 Å². The molecule has 37 heavy (non-hydrogen) atoms. The molecular weight excluding hydrogens is 462 g/mol. The third kappa shape index (κ3) is 4.73. The maximum absolute atomic E-state index is 13.4. The van der Waals surface area contributed by atoms with Gasteiger partial charge in [0.2, 0.25) is 0 Å². The number of nitrogens with zero attached hydrogens (tertiary/aromatic N) is 5. The van der Waals surface area contributed by atoms with E-state index in [2.05, 4.69) is 69.7 Å². The lowest BCUT2D eigenvalue weighted by atomic mass is 9.99. The number of amides is 2. The van der Waals surface area contributed by atoms with Crippen molar-refractivity contribution in [1.29, 1.82) is 0 Å². The molecule has 2 aromatic heterocycles. The average Bonchev–Trinajstić information content (AvgIpc) is 3.48. The monoisotopic (exact) mass is 497 g/mol. The van der Waals surface area contributed by atoms with E-state index in [0.29, 0.717) is 13.1 Å². The number of rotatable bonds is 4. The first kappa shape index (κ1) is 23.7. The summed E-state index contributed by atoms with van der Waals surface area (Å²) < 4.78 is 1.83. The van der Waals surface area contributed by atoms with Gasteiger partial charge in [-0.25, -0.2) is 4.79 Å². The molecule has 192 valence electrons. The van der Waals surface area contributed by atoms with Crippen LogP contribution in [0.3, 0.4) is 0 Å². The number of aromatic amines is 1. The summed E-state index contributed by atoms with van der Waals surface area (Å²) in [6.07, 6.45) is 4.93. The first-order chi connectivity index (χ1) is 17.9. The Labute approximate surface area is 217 Å². The molecule has 0 aliphatic carbocycles. The van der Waals surface area contributed by atoms with Gasteiger partial charge in [-0.3, -0.25) is 14.7 Å². The molecule has 1 atom stereocenters. The predicted molar refractivity (Wildman–Crippen MR) is 145 cm³/mol. The van der Waals surface area contributed by atoms with Gasteiger partial charge in [-0.15, -0.1) is 0 Å². The standard InChI is InChI=1S/C29H35N7O/c1-19-6-4-7-20(2)24(19)17-35-12-5-8-23(16-35)30-29(37)36-13-11-27-25(18-36)28(32-31-27)21-9-10-26-22(14-21)15-34(3)33-26/h4,6-7,9-10,14-15,23H,5,8,11-13,16-18H2,1-3H3,(H,30,37)(H,31,32). The second-order valence-electron chi connectivity index (χ2n) is 10.7. The molecule has 2 aliphatic rings. The van der Waals surface area contributed by atoms with E-state index < -0.39 is 0 Å². The summed E-state index contributed by atoms with van der Waals surface area (Å²) in [4.78, 5) is 17.8. The molecule has 8 nitrogen and oxygen atoms in total. The quantitative estimate of drug-likeness (QED) is 0.440. The van der Waals surface area contributed by atoms with Crippen LogP contribution in [-0.2, 0) is 26.6 Å². The topological polar surface area (TPSA) is 82.1 Å². The van der Waals surface area contributed by atoms with Crippen LogP contribution in [0.25, 0.3) is 22.2 Å². The Balaban J connectivity index is 1.13. The molecule has 2 amide bonds. The van der Waals surface area contributed by atoms with Crippen molar-refractivity contribution in [2.45, 2.75) is 52.2 Å². The van der Waals surface area contributed by atoms with Crippen molar-refractivity contribution < 1.29 is 4.79 Å². The third-order valence-electron chi connectivity index (χ3n) is 7.97. The van der Waals surface area contributed by atoms with E-state index in [4.69, 9.17) is 0 Å². The number of hydrogen-bond donors (Lipinski definition) is 2. The number of piperidine rings is 1. The Kier molecular flexibility index (Phi) is 6.20. The number of fused-ring (bicyclic) bond motifs is 2. The SMILES string of the molecule is Cc1cccc(C)c1CN1CCCC(NC(=O)N2CCc3[nH]nc(-c4ccc5nn(C)cc5c4)c3C2)C1. The maximum atomic E-state index is 13.4. The fraction of sp³-hybridized carbons (Fsp3) is 0.414. The van der Waals surface area contributed by atoms with Crippen LogP contribution in [0.5, 0.6) is 0 Å². The van der Waals surface area contributed by atoms with E-state index in [-0.39, 0.29) is 12.1 Å². The molecule has 4 heterocycles. The first-order valence-electron chi connectivity index (χ1n) is 13.3. The molecule has 1 saturated heterocycles. The molecule has 1 fully saturated rings. The number of carbonyl (C=O) groups is 1. The highest BCUT2D eigenvalue weighted by Crippen LogP contribution is 2.30. The highest BCUT2D eigenvalue weighted by molar-refractivity contribution is 5.84. The number of likely N-dealkylation sites (tertiary alicyclic amines) is 1. The molecule has 2 aliphatic heterocycles. The number of aromatic nitrogens is 4. The number of aryl methyl sites for hydroxylation is 3. The van der Waals surface area contributed by atoms with E-state index in [1.165, 1.54) is 16.7 Å². The van der Waals surface area contributed by atoms with E-state index in [1.807, 2.05) is 28.9 Å². The van der Waals surface area contributed by atoms with Crippen LogP contribution in [0.4, 0.5) is 4.79 Å². The van der Waals surface area contributed by atoms with Gasteiger partial charge >= 0.3 is 6.03 Å². The van der Waals surface area contributed by atoms with Crippen molar-refractivity contribution in [3.05, 3.63) is 70.5 Å². The average molecular weight is 498 g/mol. The molecule has 6 rings (SSSR count). The number of benzene rings is 2. The molecule has 0 radical (unpaired) electrons. The van der Waals surface area contributed by atoms with Gasteiger partial charge in [-0.05, 0) is 62.1 Å². The largest absolute Gasteiger partial charge is 0.334 e. The van der Waals surface area contributed by atoms with Gasteiger partial charge in [0.05, 0.1) is 17.8 Å². The Morgan fingerprint density at radius 3 is 2.84 bits per heavy atom. The second kappa shape index (κ2) is 9.67. The maximum Gasteiger partial charge on any atom is 0.317 e. The molecule has 4 aromatic rings. The Morgan fingerprint density at radius 1 is 1.16 bits per heavy atom. The van der Waals surface area contributed by atoms with Gasteiger partial charge in [0.1, 0.15) is 0 Å². The fourth-order valence-corrected chi connectivity index (χ4v) is 5.91. The van der Waals surface area contributed by atoms with Crippen LogP contribution in [0.2, 0.25) is 0 Å². The summed E-state index contributed by atoms with van der Waals surface area (Å²) in [5, 5.41) is 16.8. The zero-order chi connectivity index (χ0) is 25.5. The molecule has 8 heteroatoms. The molecule has 0 bridgehead atoms. The highest BCUT2D eigenvalue weighted by atomic mass is 16.2. The van der Waals surface area contributed by atoms with Gasteiger partial charge in [0.15, 0.2) is 0 Å². The van der Waals surface area contributed by atoms with E-state index in [1.54, 1.807) is 0 Å². The fourth-order valence-electron chi connectivity index (χ4n) is 5.91. The molecule has 1 unspecified atom stereocenters. The van der Waals surface area contributed by atoms with Crippen molar-refractivity contribution >= 4 is 16.9 Å².